The van der Waals surface area contributed by atoms with Gasteiger partial charge in [-0.05, 0) is 20.8 Å². The van der Waals surface area contributed by atoms with Crippen LogP contribution in [0.2, 0.25) is 0 Å². The highest BCUT2D eigenvalue weighted by Crippen LogP contribution is 2.20. The van der Waals surface area contributed by atoms with E-state index in [0.29, 0.717) is 25.7 Å². The second kappa shape index (κ2) is 4.55. The number of nitrogens with zero attached hydrogens (tertiary/aromatic N) is 1. The summed E-state index contributed by atoms with van der Waals surface area (Å²) in [4.78, 5) is 2.04. The third kappa shape index (κ3) is 2.90. The molecule has 2 atom stereocenters. The Hall–Kier alpha value is -0.190. The number of ether oxygens (including phenoxy) is 2. The summed E-state index contributed by atoms with van der Waals surface area (Å²) in [5, 5.41) is 0. The summed E-state index contributed by atoms with van der Waals surface area (Å²) in [5.41, 5.74) is -0.398. The molecule has 1 fully saturated rings. The van der Waals surface area contributed by atoms with Gasteiger partial charge < -0.3 is 9.47 Å². The van der Waals surface area contributed by atoms with Crippen molar-refractivity contribution in [2.75, 3.05) is 26.8 Å². The van der Waals surface area contributed by atoms with Gasteiger partial charge in [-0.25, -0.2) is 4.39 Å². The Labute approximate surface area is 85.2 Å². The normalized spacial score (nSPS) is 36.0. The summed E-state index contributed by atoms with van der Waals surface area (Å²) in [5.74, 6) is 0. The zero-order valence-electron chi connectivity index (χ0n) is 9.42. The van der Waals surface area contributed by atoms with Crippen LogP contribution in [-0.4, -0.2) is 49.7 Å². The van der Waals surface area contributed by atoms with E-state index in [-0.39, 0.29) is 0 Å². The largest absolute Gasteiger partial charge is 0.375 e. The highest BCUT2D eigenvalue weighted by Gasteiger charge is 2.34. The predicted molar refractivity (Wildman–Crippen MR) is 53.0 cm³/mol. The Morgan fingerprint density at radius 2 is 2.21 bits per heavy atom. The number of rotatable bonds is 2. The third-order valence-corrected chi connectivity index (χ3v) is 2.71. The predicted octanol–water partition coefficient (Wildman–Crippen LogP) is 1.43. The smallest absolute Gasteiger partial charge is 0.211 e. The molecule has 0 spiro atoms. The second-order valence-corrected chi connectivity index (χ2v) is 4.40. The van der Waals surface area contributed by atoms with Crippen LogP contribution in [0.4, 0.5) is 4.39 Å². The minimum Gasteiger partial charge on any atom is -0.375 e. The molecule has 0 N–H and O–H groups in total. The molecule has 84 valence electrons. The average Bonchev–Trinajstić information content (AvgIpc) is 2.27. The van der Waals surface area contributed by atoms with Crippen LogP contribution in [0.15, 0.2) is 0 Å². The molecule has 3 nitrogen and oxygen atoms in total. The van der Waals surface area contributed by atoms with Crippen LogP contribution in [0, 0.1) is 0 Å². The van der Waals surface area contributed by atoms with Gasteiger partial charge in [0.05, 0.1) is 13.2 Å². The van der Waals surface area contributed by atoms with Crippen molar-refractivity contribution in [3.8, 4) is 0 Å². The zero-order valence-corrected chi connectivity index (χ0v) is 9.42. The van der Waals surface area contributed by atoms with E-state index in [0.717, 1.165) is 0 Å². The summed E-state index contributed by atoms with van der Waals surface area (Å²) >= 11 is 0. The number of alkyl halides is 1. The van der Waals surface area contributed by atoms with Crippen molar-refractivity contribution in [1.82, 2.24) is 4.90 Å². The lowest BCUT2D eigenvalue weighted by Gasteiger charge is -2.32. The van der Waals surface area contributed by atoms with Crippen LogP contribution in [0.5, 0.6) is 0 Å². The van der Waals surface area contributed by atoms with Crippen LogP contribution in [-0.2, 0) is 9.47 Å². The zero-order chi connectivity index (χ0) is 10.8. The van der Waals surface area contributed by atoms with Crippen molar-refractivity contribution >= 4 is 0 Å². The lowest BCUT2D eigenvalue weighted by Crippen LogP contribution is -2.46. The van der Waals surface area contributed by atoms with Gasteiger partial charge >= 0.3 is 0 Å². The fraction of sp³-hybridized carbons (Fsp3) is 1.00. The maximum absolute atomic E-state index is 13.2. The van der Waals surface area contributed by atoms with Crippen molar-refractivity contribution < 1.29 is 13.9 Å². The Bertz CT molecular complexity index is 189. The van der Waals surface area contributed by atoms with Crippen molar-refractivity contribution in [2.24, 2.45) is 0 Å². The van der Waals surface area contributed by atoms with E-state index >= 15 is 0 Å². The Morgan fingerprint density at radius 3 is 2.71 bits per heavy atom. The van der Waals surface area contributed by atoms with Crippen molar-refractivity contribution in [1.29, 1.82) is 0 Å². The monoisotopic (exact) mass is 205 g/mol. The molecule has 0 aromatic rings. The first kappa shape index (κ1) is 11.9. The van der Waals surface area contributed by atoms with Crippen LogP contribution in [0.3, 0.4) is 0 Å². The molecule has 0 aliphatic carbocycles. The van der Waals surface area contributed by atoms with Gasteiger partial charge in [-0.3, -0.25) is 4.90 Å². The Kier molecular flexibility index (Phi) is 3.86. The van der Waals surface area contributed by atoms with Crippen LogP contribution in [0.25, 0.3) is 0 Å². The van der Waals surface area contributed by atoms with E-state index in [1.54, 1.807) is 7.11 Å². The first-order valence-corrected chi connectivity index (χ1v) is 5.02. The SMILES string of the molecule is CO[C@]1(C)CO[C@@H](F)CN(C(C)C)C1. The van der Waals surface area contributed by atoms with Gasteiger partial charge in [0.25, 0.3) is 0 Å². The number of methoxy groups -OCH3 is 1. The third-order valence-electron chi connectivity index (χ3n) is 2.71. The quantitative estimate of drug-likeness (QED) is 0.680. The molecule has 0 aromatic heterocycles. The molecule has 4 heteroatoms. The first-order valence-electron chi connectivity index (χ1n) is 5.02. The van der Waals surface area contributed by atoms with Crippen molar-refractivity contribution in [3.05, 3.63) is 0 Å². The molecule has 1 aliphatic rings. The second-order valence-electron chi connectivity index (χ2n) is 4.40. The summed E-state index contributed by atoms with van der Waals surface area (Å²) in [6.07, 6.45) is -1.20. The lowest BCUT2D eigenvalue weighted by molar-refractivity contribution is -0.0977. The molecule has 0 amide bonds. The minimum absolute atomic E-state index is 0.310. The molecular weight excluding hydrogens is 185 g/mol. The standard InChI is InChI=1S/C10H20FNO2/c1-8(2)12-5-9(11)14-7-10(3,6-12)13-4/h8-9H,5-7H2,1-4H3/t9-,10+/m1/s1. The molecule has 1 saturated heterocycles. The molecule has 0 radical (unpaired) electrons. The van der Waals surface area contributed by atoms with Gasteiger partial charge in [0.1, 0.15) is 5.60 Å². The molecule has 1 rings (SSSR count). The highest BCUT2D eigenvalue weighted by molar-refractivity contribution is 4.84. The fourth-order valence-corrected chi connectivity index (χ4v) is 1.56. The maximum Gasteiger partial charge on any atom is 0.211 e. The van der Waals surface area contributed by atoms with Crippen molar-refractivity contribution in [3.63, 3.8) is 0 Å². The summed E-state index contributed by atoms with van der Waals surface area (Å²) < 4.78 is 23.6. The van der Waals surface area contributed by atoms with Gasteiger partial charge in [0, 0.05) is 19.7 Å². The summed E-state index contributed by atoms with van der Waals surface area (Å²) in [6, 6.07) is 0.310. The van der Waals surface area contributed by atoms with Gasteiger partial charge in [-0.15, -0.1) is 0 Å². The summed E-state index contributed by atoms with van der Waals surface area (Å²) in [7, 11) is 1.64. The summed E-state index contributed by atoms with van der Waals surface area (Å²) in [6.45, 7) is 7.40. The number of hydrogen-bond donors (Lipinski definition) is 0. The fourth-order valence-electron chi connectivity index (χ4n) is 1.56. The van der Waals surface area contributed by atoms with E-state index in [2.05, 4.69) is 0 Å². The van der Waals surface area contributed by atoms with Crippen LogP contribution < -0.4 is 0 Å². The average molecular weight is 205 g/mol. The molecule has 14 heavy (non-hydrogen) atoms. The minimum atomic E-state index is -1.20. The van der Waals surface area contributed by atoms with E-state index < -0.39 is 12.0 Å². The Balaban J connectivity index is 2.68. The van der Waals surface area contributed by atoms with E-state index in [1.165, 1.54) is 0 Å². The van der Waals surface area contributed by atoms with Crippen LogP contribution in [0.1, 0.15) is 20.8 Å². The molecule has 1 aliphatic heterocycles. The first-order chi connectivity index (χ1) is 6.47. The molecular formula is C10H20FNO2. The Morgan fingerprint density at radius 1 is 1.57 bits per heavy atom. The maximum atomic E-state index is 13.2. The molecule has 1 heterocycles. The molecule has 0 aromatic carbocycles. The topological polar surface area (TPSA) is 21.7 Å². The molecule has 0 unspecified atom stereocenters. The highest BCUT2D eigenvalue weighted by atomic mass is 19.1. The van der Waals surface area contributed by atoms with Gasteiger partial charge in [0.2, 0.25) is 6.36 Å². The number of halogens is 1. The molecule has 0 saturated carbocycles. The van der Waals surface area contributed by atoms with Crippen LogP contribution >= 0.6 is 0 Å². The van der Waals surface area contributed by atoms with Gasteiger partial charge in [0.15, 0.2) is 0 Å². The van der Waals surface area contributed by atoms with Crippen molar-refractivity contribution in [2.45, 2.75) is 38.8 Å². The van der Waals surface area contributed by atoms with Gasteiger partial charge in [-0.1, -0.05) is 0 Å². The lowest BCUT2D eigenvalue weighted by atomic mass is 10.1. The van der Waals surface area contributed by atoms with E-state index in [9.17, 15) is 4.39 Å². The molecule has 0 bridgehead atoms. The van der Waals surface area contributed by atoms with E-state index in [1.807, 2.05) is 25.7 Å². The number of hydrogen-bond acceptors (Lipinski definition) is 3. The van der Waals surface area contributed by atoms with E-state index in [4.69, 9.17) is 9.47 Å². The van der Waals surface area contributed by atoms with Gasteiger partial charge in [-0.2, -0.15) is 0 Å².